The molecule has 0 saturated heterocycles. The van der Waals surface area contributed by atoms with Gasteiger partial charge in [0.05, 0.1) is 24.2 Å². The molecular weight excluding hydrogens is 332 g/mol. The minimum Gasteiger partial charge on any atom is -0.495 e. The molecule has 1 amide bonds. The third kappa shape index (κ3) is 4.70. The first kappa shape index (κ1) is 17.8. The second-order valence-corrected chi connectivity index (χ2v) is 6.79. The van der Waals surface area contributed by atoms with Gasteiger partial charge < -0.3 is 15.0 Å². The van der Waals surface area contributed by atoms with Gasteiger partial charge in [-0.15, -0.1) is 11.3 Å². The van der Waals surface area contributed by atoms with E-state index in [1.165, 1.54) is 9.78 Å². The highest BCUT2D eigenvalue weighted by atomic mass is 35.5. The summed E-state index contributed by atoms with van der Waals surface area (Å²) in [4.78, 5) is 15.1. The second kappa shape index (κ2) is 8.34. The maximum Gasteiger partial charge on any atom is 0.282 e. The number of rotatable bonds is 7. The quantitative estimate of drug-likeness (QED) is 0.803. The highest BCUT2D eigenvalue weighted by molar-refractivity contribution is 7.09. The molecule has 1 aromatic heterocycles. The summed E-state index contributed by atoms with van der Waals surface area (Å²) in [6, 6.07) is 9.15. The third-order valence-electron chi connectivity index (χ3n) is 3.86. The van der Waals surface area contributed by atoms with Gasteiger partial charge in [-0.25, -0.2) is 0 Å². The van der Waals surface area contributed by atoms with Gasteiger partial charge >= 0.3 is 0 Å². The summed E-state index contributed by atoms with van der Waals surface area (Å²) >= 11 is 7.73. The number of carbonyl (C=O) groups excluding carboxylic acids is 1. The Balaban J connectivity index is 2.08. The van der Waals surface area contributed by atoms with Crippen LogP contribution < -0.4 is 15.0 Å². The summed E-state index contributed by atoms with van der Waals surface area (Å²) in [7, 11) is 1.57. The lowest BCUT2D eigenvalue weighted by Gasteiger charge is -2.24. The highest BCUT2D eigenvalue weighted by Gasteiger charge is 2.25. The van der Waals surface area contributed by atoms with E-state index in [4.69, 9.17) is 16.3 Å². The van der Waals surface area contributed by atoms with Gasteiger partial charge in [0, 0.05) is 5.02 Å². The van der Waals surface area contributed by atoms with Crippen LogP contribution in [-0.4, -0.2) is 25.6 Å². The van der Waals surface area contributed by atoms with Crippen molar-refractivity contribution in [3.8, 4) is 5.75 Å². The number of benzene rings is 1. The Bertz CT molecular complexity index is 646. The largest absolute Gasteiger partial charge is 0.495 e. The number of quaternary nitrogens is 1. The van der Waals surface area contributed by atoms with E-state index in [1.807, 2.05) is 13.0 Å². The summed E-state index contributed by atoms with van der Waals surface area (Å²) in [5.41, 5.74) is 0.600. The molecule has 0 spiro atoms. The first-order valence-corrected chi connectivity index (χ1v) is 8.82. The Morgan fingerprint density at radius 1 is 1.43 bits per heavy atom. The van der Waals surface area contributed by atoms with Gasteiger partial charge in [-0.05, 0) is 43.5 Å². The van der Waals surface area contributed by atoms with Crippen LogP contribution in [0, 0.1) is 0 Å². The van der Waals surface area contributed by atoms with Crippen LogP contribution in [-0.2, 0) is 11.3 Å². The Morgan fingerprint density at radius 3 is 2.83 bits per heavy atom. The lowest BCUT2D eigenvalue weighted by molar-refractivity contribution is -0.925. The predicted molar refractivity (Wildman–Crippen MR) is 95.6 cm³/mol. The van der Waals surface area contributed by atoms with Crippen LogP contribution in [0.4, 0.5) is 5.69 Å². The zero-order valence-corrected chi connectivity index (χ0v) is 15.1. The van der Waals surface area contributed by atoms with Crippen molar-refractivity contribution in [2.24, 2.45) is 0 Å². The number of hydrogen-bond acceptors (Lipinski definition) is 3. The molecule has 1 aromatic carbocycles. The summed E-state index contributed by atoms with van der Waals surface area (Å²) in [5.74, 6) is 0.560. The van der Waals surface area contributed by atoms with Crippen molar-refractivity contribution in [2.45, 2.75) is 26.4 Å². The van der Waals surface area contributed by atoms with Crippen molar-refractivity contribution in [1.82, 2.24) is 0 Å². The summed E-state index contributed by atoms with van der Waals surface area (Å²) in [5, 5.41) is 5.55. The molecule has 6 heteroatoms. The van der Waals surface area contributed by atoms with Crippen LogP contribution >= 0.6 is 22.9 Å². The van der Waals surface area contributed by atoms with E-state index in [2.05, 4.69) is 23.7 Å². The van der Waals surface area contributed by atoms with Crippen LogP contribution in [0.1, 0.15) is 18.7 Å². The Kier molecular flexibility index (Phi) is 6.45. The number of carbonyl (C=O) groups is 1. The van der Waals surface area contributed by atoms with E-state index in [1.54, 1.807) is 36.6 Å². The number of ether oxygens (including phenoxy) is 1. The maximum atomic E-state index is 12.6. The summed E-state index contributed by atoms with van der Waals surface area (Å²) < 4.78 is 5.27. The summed E-state index contributed by atoms with van der Waals surface area (Å²) in [6.45, 7) is 5.75. The van der Waals surface area contributed by atoms with Crippen molar-refractivity contribution >= 4 is 34.5 Å². The zero-order chi connectivity index (χ0) is 16.8. The topological polar surface area (TPSA) is 42.8 Å². The number of halogens is 1. The molecule has 4 nitrogen and oxygen atoms in total. The van der Waals surface area contributed by atoms with Gasteiger partial charge in [0.1, 0.15) is 12.3 Å². The van der Waals surface area contributed by atoms with E-state index < -0.39 is 0 Å². The second-order valence-electron chi connectivity index (χ2n) is 5.32. The molecular formula is C17H22ClN2O2S+. The molecule has 1 unspecified atom stereocenters. The van der Waals surface area contributed by atoms with E-state index in [-0.39, 0.29) is 11.9 Å². The lowest BCUT2D eigenvalue weighted by Crippen LogP contribution is -3.15. The van der Waals surface area contributed by atoms with Crippen molar-refractivity contribution in [1.29, 1.82) is 0 Å². The number of methoxy groups -OCH3 is 1. The fourth-order valence-electron chi connectivity index (χ4n) is 2.43. The average molecular weight is 354 g/mol. The zero-order valence-electron chi connectivity index (χ0n) is 13.6. The van der Waals surface area contributed by atoms with Gasteiger partial charge in [0.15, 0.2) is 6.04 Å². The molecule has 2 N–H and O–H groups in total. The van der Waals surface area contributed by atoms with E-state index in [9.17, 15) is 4.79 Å². The molecule has 0 aliphatic rings. The highest BCUT2D eigenvalue weighted by Crippen LogP contribution is 2.27. The average Bonchev–Trinajstić information content (AvgIpc) is 3.05. The van der Waals surface area contributed by atoms with Gasteiger partial charge in [0.2, 0.25) is 0 Å². The SMILES string of the molecule is CC[NH+](Cc1cccs1)[C@@H](C)C(=O)Nc1cc(Cl)ccc1OC. The first-order chi connectivity index (χ1) is 11.0. The minimum atomic E-state index is -0.175. The predicted octanol–water partition coefficient (Wildman–Crippen LogP) is 2.84. The van der Waals surface area contributed by atoms with Gasteiger partial charge in [-0.1, -0.05) is 17.7 Å². The van der Waals surface area contributed by atoms with Gasteiger partial charge in [-0.3, -0.25) is 4.79 Å². The Labute approximate surface area is 146 Å². The molecule has 0 fully saturated rings. The van der Waals surface area contributed by atoms with Crippen LogP contribution in [0.5, 0.6) is 5.75 Å². The lowest BCUT2D eigenvalue weighted by atomic mass is 10.2. The normalized spacial score (nSPS) is 13.4. The number of amides is 1. The minimum absolute atomic E-state index is 0.0426. The molecule has 0 bridgehead atoms. The number of nitrogens with one attached hydrogen (secondary N) is 2. The van der Waals surface area contributed by atoms with Gasteiger partial charge in [0.25, 0.3) is 5.91 Å². The molecule has 23 heavy (non-hydrogen) atoms. The van der Waals surface area contributed by atoms with Crippen molar-refractivity contribution in [3.63, 3.8) is 0 Å². The molecule has 2 aromatic rings. The maximum absolute atomic E-state index is 12.6. The number of likely N-dealkylation sites (N-methyl/N-ethyl adjacent to an activating group) is 1. The smallest absolute Gasteiger partial charge is 0.282 e. The van der Waals surface area contributed by atoms with Crippen LogP contribution in [0.3, 0.4) is 0 Å². The van der Waals surface area contributed by atoms with Crippen LogP contribution in [0.2, 0.25) is 5.02 Å². The molecule has 2 rings (SSSR count). The number of hydrogen-bond donors (Lipinski definition) is 2. The van der Waals surface area contributed by atoms with E-state index in [0.717, 1.165) is 13.1 Å². The van der Waals surface area contributed by atoms with Crippen molar-refractivity contribution in [3.05, 3.63) is 45.6 Å². The molecule has 0 saturated carbocycles. The molecule has 1 heterocycles. The molecule has 0 aliphatic carbocycles. The number of thiophene rings is 1. The Hall–Kier alpha value is -1.56. The van der Waals surface area contributed by atoms with Gasteiger partial charge in [-0.2, -0.15) is 0 Å². The van der Waals surface area contributed by atoms with Crippen molar-refractivity contribution < 1.29 is 14.4 Å². The third-order valence-corrected chi connectivity index (χ3v) is 4.97. The van der Waals surface area contributed by atoms with E-state index >= 15 is 0 Å². The molecule has 124 valence electrons. The Morgan fingerprint density at radius 2 is 2.22 bits per heavy atom. The summed E-state index contributed by atoms with van der Waals surface area (Å²) in [6.07, 6.45) is 0. The molecule has 2 atom stereocenters. The fraction of sp³-hybridized carbons (Fsp3) is 0.353. The van der Waals surface area contributed by atoms with Crippen LogP contribution in [0.25, 0.3) is 0 Å². The van der Waals surface area contributed by atoms with Crippen LogP contribution in [0.15, 0.2) is 35.7 Å². The monoisotopic (exact) mass is 353 g/mol. The standard InChI is InChI=1S/C17H21ClN2O2S/c1-4-20(11-14-6-5-9-23-14)12(2)17(21)19-15-10-13(18)7-8-16(15)22-3/h5-10,12H,4,11H2,1-3H3,(H,19,21)/p+1/t12-/m0/s1. The first-order valence-electron chi connectivity index (χ1n) is 7.56. The van der Waals surface area contributed by atoms with Crippen molar-refractivity contribution in [2.75, 3.05) is 19.0 Å². The molecule has 0 radical (unpaired) electrons. The molecule has 0 aliphatic heterocycles. The number of anilines is 1. The van der Waals surface area contributed by atoms with E-state index in [0.29, 0.717) is 16.5 Å². The fourth-order valence-corrected chi connectivity index (χ4v) is 3.36.